The molecule has 0 amide bonds. The lowest BCUT2D eigenvalue weighted by molar-refractivity contribution is 0.0834. The van der Waals surface area contributed by atoms with Crippen molar-refractivity contribution in [2.75, 3.05) is 20.8 Å². The number of hydrogen-bond donors (Lipinski definition) is 1. The monoisotopic (exact) mass is 271 g/mol. The Morgan fingerprint density at radius 1 is 1.33 bits per heavy atom. The van der Waals surface area contributed by atoms with Crippen molar-refractivity contribution in [1.29, 1.82) is 0 Å². The van der Waals surface area contributed by atoms with Crippen molar-refractivity contribution in [3.63, 3.8) is 0 Å². The Labute approximate surface area is 114 Å². The molecule has 1 aromatic rings. The van der Waals surface area contributed by atoms with Crippen LogP contribution in [0.3, 0.4) is 0 Å². The van der Waals surface area contributed by atoms with Gasteiger partial charge in [0.15, 0.2) is 0 Å². The van der Waals surface area contributed by atoms with Gasteiger partial charge in [0.2, 0.25) is 0 Å². The fourth-order valence-electron chi connectivity index (χ4n) is 1.97. The lowest BCUT2D eigenvalue weighted by atomic mass is 10.0. The molecule has 18 heavy (non-hydrogen) atoms. The van der Waals surface area contributed by atoms with Crippen LogP contribution in [0.2, 0.25) is 5.02 Å². The summed E-state index contributed by atoms with van der Waals surface area (Å²) in [6.07, 6.45) is 0.959. The van der Waals surface area contributed by atoms with E-state index >= 15 is 0 Å². The molecule has 0 heterocycles. The van der Waals surface area contributed by atoms with Crippen molar-refractivity contribution < 1.29 is 9.47 Å². The molecule has 0 aliphatic heterocycles. The van der Waals surface area contributed by atoms with Crippen molar-refractivity contribution >= 4 is 11.6 Å². The van der Waals surface area contributed by atoms with E-state index in [0.717, 1.165) is 29.3 Å². The van der Waals surface area contributed by atoms with E-state index in [1.165, 1.54) is 0 Å². The van der Waals surface area contributed by atoms with Gasteiger partial charge < -0.3 is 14.8 Å². The van der Waals surface area contributed by atoms with E-state index in [-0.39, 0.29) is 12.1 Å². The first kappa shape index (κ1) is 15.3. The summed E-state index contributed by atoms with van der Waals surface area (Å²) in [5.41, 5.74) is 1.10. The molecular weight excluding hydrogens is 250 g/mol. The van der Waals surface area contributed by atoms with Crippen molar-refractivity contribution in [1.82, 2.24) is 5.32 Å². The highest BCUT2D eigenvalue weighted by molar-refractivity contribution is 6.30. The van der Waals surface area contributed by atoms with E-state index in [4.69, 9.17) is 21.1 Å². The molecule has 0 aliphatic carbocycles. The maximum Gasteiger partial charge on any atom is 0.122 e. The van der Waals surface area contributed by atoms with E-state index < -0.39 is 0 Å². The van der Waals surface area contributed by atoms with E-state index in [1.807, 2.05) is 18.2 Å². The molecule has 2 atom stereocenters. The first-order valence-electron chi connectivity index (χ1n) is 6.21. The van der Waals surface area contributed by atoms with Crippen LogP contribution in [0, 0.1) is 0 Å². The lowest BCUT2D eigenvalue weighted by Crippen LogP contribution is -2.41. The average molecular weight is 272 g/mol. The summed E-state index contributed by atoms with van der Waals surface area (Å²) in [6.45, 7) is 5.05. The molecule has 0 saturated carbocycles. The molecule has 0 aliphatic rings. The predicted octanol–water partition coefficient (Wildman–Crippen LogP) is 2.90. The molecule has 1 N–H and O–H groups in total. The molecule has 0 saturated heterocycles. The maximum absolute atomic E-state index is 6.04. The number of methoxy groups -OCH3 is 2. The number of halogens is 1. The van der Waals surface area contributed by atoms with Crippen molar-refractivity contribution in [2.45, 2.75) is 32.4 Å². The molecule has 0 spiro atoms. The normalized spacial score (nSPS) is 14.3. The van der Waals surface area contributed by atoms with Crippen LogP contribution in [0.15, 0.2) is 18.2 Å². The number of hydrogen-bond acceptors (Lipinski definition) is 3. The highest BCUT2D eigenvalue weighted by Gasteiger charge is 2.18. The summed E-state index contributed by atoms with van der Waals surface area (Å²) in [5.74, 6) is 0.866. The molecule has 0 fully saturated rings. The van der Waals surface area contributed by atoms with Gasteiger partial charge in [-0.3, -0.25) is 0 Å². The quantitative estimate of drug-likeness (QED) is 0.827. The van der Waals surface area contributed by atoms with Crippen LogP contribution in [0.4, 0.5) is 0 Å². The zero-order valence-electron chi connectivity index (χ0n) is 11.5. The Kier molecular flexibility index (Phi) is 6.47. The van der Waals surface area contributed by atoms with Gasteiger partial charge in [-0.1, -0.05) is 18.5 Å². The maximum atomic E-state index is 6.04. The van der Waals surface area contributed by atoms with Gasteiger partial charge in [-0.05, 0) is 43.7 Å². The lowest BCUT2D eigenvalue weighted by Gasteiger charge is -2.24. The van der Waals surface area contributed by atoms with Crippen molar-refractivity contribution in [2.24, 2.45) is 0 Å². The van der Waals surface area contributed by atoms with Crippen LogP contribution in [0.25, 0.3) is 0 Å². The Morgan fingerprint density at radius 3 is 2.61 bits per heavy atom. The minimum Gasteiger partial charge on any atom is -0.496 e. The second kappa shape index (κ2) is 7.62. The second-order valence-corrected chi connectivity index (χ2v) is 4.70. The molecule has 102 valence electrons. The largest absolute Gasteiger partial charge is 0.496 e. The fraction of sp³-hybridized carbons (Fsp3) is 0.571. The number of benzene rings is 1. The zero-order valence-corrected chi connectivity index (χ0v) is 12.3. The van der Waals surface area contributed by atoms with E-state index in [0.29, 0.717) is 0 Å². The third-order valence-electron chi connectivity index (χ3n) is 3.09. The highest BCUT2D eigenvalue weighted by Crippen LogP contribution is 2.24. The van der Waals surface area contributed by atoms with Gasteiger partial charge in [0, 0.05) is 18.2 Å². The molecular formula is C14H22ClNO2. The van der Waals surface area contributed by atoms with Crippen LogP contribution in [-0.4, -0.2) is 32.9 Å². The van der Waals surface area contributed by atoms with Crippen LogP contribution >= 0.6 is 11.6 Å². The van der Waals surface area contributed by atoms with Gasteiger partial charge in [-0.15, -0.1) is 0 Å². The summed E-state index contributed by atoms with van der Waals surface area (Å²) in [4.78, 5) is 0. The fourth-order valence-corrected chi connectivity index (χ4v) is 2.17. The van der Waals surface area contributed by atoms with Gasteiger partial charge >= 0.3 is 0 Å². The van der Waals surface area contributed by atoms with Gasteiger partial charge in [0.1, 0.15) is 5.75 Å². The molecule has 3 nitrogen and oxygen atoms in total. The molecule has 0 aromatic heterocycles. The van der Waals surface area contributed by atoms with Crippen LogP contribution in [0.1, 0.15) is 19.4 Å². The van der Waals surface area contributed by atoms with Crippen LogP contribution in [0.5, 0.6) is 5.75 Å². The zero-order chi connectivity index (χ0) is 13.5. The number of rotatable bonds is 7. The first-order valence-corrected chi connectivity index (χ1v) is 6.58. The minimum absolute atomic E-state index is 0.133. The van der Waals surface area contributed by atoms with E-state index in [9.17, 15) is 0 Å². The Balaban J connectivity index is 2.88. The SMILES string of the molecule is CCNC(Cc1cc(Cl)ccc1OC)C(C)OC. The Morgan fingerprint density at radius 2 is 2.06 bits per heavy atom. The second-order valence-electron chi connectivity index (χ2n) is 4.27. The number of nitrogens with one attached hydrogen (secondary N) is 1. The molecule has 1 aromatic carbocycles. The predicted molar refractivity (Wildman–Crippen MR) is 75.6 cm³/mol. The van der Waals surface area contributed by atoms with Gasteiger partial charge in [-0.25, -0.2) is 0 Å². The van der Waals surface area contributed by atoms with Crippen LogP contribution < -0.4 is 10.1 Å². The van der Waals surface area contributed by atoms with Gasteiger partial charge in [0.05, 0.1) is 13.2 Å². The smallest absolute Gasteiger partial charge is 0.122 e. The van der Waals surface area contributed by atoms with Gasteiger partial charge in [0.25, 0.3) is 0 Å². The Bertz CT molecular complexity index is 371. The standard InChI is InChI=1S/C14H22ClNO2/c1-5-16-13(10(2)17-3)9-11-8-12(15)6-7-14(11)18-4/h6-8,10,13,16H,5,9H2,1-4H3. The first-order chi connectivity index (χ1) is 8.62. The molecule has 0 bridgehead atoms. The topological polar surface area (TPSA) is 30.5 Å². The summed E-state index contributed by atoms with van der Waals surface area (Å²) in [6, 6.07) is 5.93. The third-order valence-corrected chi connectivity index (χ3v) is 3.32. The molecule has 0 radical (unpaired) electrons. The number of ether oxygens (including phenoxy) is 2. The molecule has 2 unspecified atom stereocenters. The van der Waals surface area contributed by atoms with E-state index in [1.54, 1.807) is 14.2 Å². The molecule has 4 heteroatoms. The molecule has 1 rings (SSSR count). The average Bonchev–Trinajstić information content (AvgIpc) is 2.37. The summed E-state index contributed by atoms with van der Waals surface area (Å²) in [5, 5.41) is 4.16. The Hall–Kier alpha value is -0.770. The van der Waals surface area contributed by atoms with E-state index in [2.05, 4.69) is 19.2 Å². The van der Waals surface area contributed by atoms with Crippen LogP contribution in [-0.2, 0) is 11.2 Å². The summed E-state index contributed by atoms with van der Waals surface area (Å²) in [7, 11) is 3.40. The van der Waals surface area contributed by atoms with Crippen molar-refractivity contribution in [3.05, 3.63) is 28.8 Å². The number of likely N-dealkylation sites (N-methyl/N-ethyl adjacent to an activating group) is 1. The summed E-state index contributed by atoms with van der Waals surface area (Å²) >= 11 is 6.04. The van der Waals surface area contributed by atoms with Gasteiger partial charge in [-0.2, -0.15) is 0 Å². The minimum atomic E-state index is 0.133. The summed E-state index contributed by atoms with van der Waals surface area (Å²) < 4.78 is 10.8. The highest BCUT2D eigenvalue weighted by atomic mass is 35.5. The third kappa shape index (κ3) is 4.16. The van der Waals surface area contributed by atoms with Crippen molar-refractivity contribution in [3.8, 4) is 5.75 Å².